The summed E-state index contributed by atoms with van der Waals surface area (Å²) in [5, 5.41) is 13.1. The van der Waals surface area contributed by atoms with E-state index in [1.54, 1.807) is 6.07 Å². The van der Waals surface area contributed by atoms with E-state index < -0.39 is 6.23 Å². The Balaban J connectivity index is 1.65. The number of anilines is 1. The van der Waals surface area contributed by atoms with Crippen molar-refractivity contribution in [3.8, 4) is 28.6 Å². The molecule has 2 aliphatic rings. The van der Waals surface area contributed by atoms with Crippen molar-refractivity contribution in [3.63, 3.8) is 0 Å². The molecule has 3 aromatic rings. The maximum absolute atomic E-state index is 6.54. The van der Waals surface area contributed by atoms with E-state index in [0.717, 1.165) is 21.5 Å². The van der Waals surface area contributed by atoms with Gasteiger partial charge in [0.15, 0.2) is 23.4 Å². The van der Waals surface area contributed by atoms with Gasteiger partial charge in [-0.05, 0) is 30.0 Å². The Kier molecular flexibility index (Phi) is 4.89. The zero-order valence-corrected chi connectivity index (χ0v) is 18.3. The molecule has 0 amide bonds. The van der Waals surface area contributed by atoms with Crippen LogP contribution in [0.2, 0.25) is 5.02 Å². The molecule has 3 heterocycles. The third kappa shape index (κ3) is 3.47. The van der Waals surface area contributed by atoms with E-state index in [-0.39, 0.29) is 6.79 Å². The number of fused-ring (bicyclic) bond motifs is 4. The van der Waals surface area contributed by atoms with Crippen LogP contribution in [0, 0.1) is 0 Å². The molecule has 148 valence electrons. The number of hydrogen-bond donors (Lipinski definition) is 1. The summed E-state index contributed by atoms with van der Waals surface area (Å²) in [5.41, 5.74) is 2.94. The van der Waals surface area contributed by atoms with Gasteiger partial charge in [0.2, 0.25) is 17.8 Å². The van der Waals surface area contributed by atoms with Gasteiger partial charge < -0.3 is 19.5 Å². The van der Waals surface area contributed by atoms with Crippen molar-refractivity contribution in [2.75, 3.05) is 17.9 Å². The maximum atomic E-state index is 6.54. The lowest BCUT2D eigenvalue weighted by Gasteiger charge is -2.20. The Morgan fingerprint density at radius 3 is 2.86 bits per heavy atom. The van der Waals surface area contributed by atoms with Gasteiger partial charge in [-0.25, -0.2) is 0 Å². The van der Waals surface area contributed by atoms with Crippen LogP contribution >= 0.6 is 39.3 Å². The maximum Gasteiger partial charge on any atom is 0.247 e. The average Bonchev–Trinajstić information content (AvgIpc) is 3.09. The molecule has 7 nitrogen and oxygen atoms in total. The van der Waals surface area contributed by atoms with Crippen LogP contribution < -0.4 is 19.5 Å². The lowest BCUT2D eigenvalue weighted by atomic mass is 10.1. The number of hydrogen-bond acceptors (Lipinski definition) is 8. The normalized spacial score (nSPS) is 16.3. The monoisotopic (exact) mass is 492 g/mol. The third-order valence-electron chi connectivity index (χ3n) is 4.44. The van der Waals surface area contributed by atoms with Gasteiger partial charge in [-0.3, -0.25) is 0 Å². The number of aromatic nitrogens is 3. The number of nitrogens with zero attached hydrogens (tertiary/aromatic N) is 3. The van der Waals surface area contributed by atoms with Crippen molar-refractivity contribution >= 4 is 45.0 Å². The molecule has 0 saturated heterocycles. The highest BCUT2D eigenvalue weighted by Crippen LogP contribution is 2.44. The summed E-state index contributed by atoms with van der Waals surface area (Å²) in [4.78, 5) is 4.58. The molecule has 5 rings (SSSR count). The minimum atomic E-state index is -0.602. The van der Waals surface area contributed by atoms with Gasteiger partial charge in [-0.15, -0.1) is 10.2 Å². The highest BCUT2D eigenvalue weighted by molar-refractivity contribution is 9.10. The van der Waals surface area contributed by atoms with Gasteiger partial charge in [-0.2, -0.15) is 4.98 Å². The fraction of sp³-hybridized carbons (Fsp3) is 0.211. The summed E-state index contributed by atoms with van der Waals surface area (Å²) in [6, 6.07) is 9.40. The molecular weight excluding hydrogens is 480 g/mol. The standard InChI is InChI=1S/C19H14BrClN4O3S/c1-2-29-19-23-18-16(24-25-19)11-5-9(20)3-4-13(11)22-17(28-18)10-6-14-15(7-12(10)21)27-8-26-14/h3-7,17,22H,2,8H2,1H3. The topological polar surface area (TPSA) is 78.4 Å². The third-order valence-corrected chi connectivity index (χ3v) is 5.98. The molecular formula is C19H14BrClN4O3S. The van der Waals surface area contributed by atoms with Crippen LogP contribution in [0.4, 0.5) is 5.69 Å². The van der Waals surface area contributed by atoms with Crippen molar-refractivity contribution < 1.29 is 14.2 Å². The van der Waals surface area contributed by atoms with Crippen LogP contribution in [0.5, 0.6) is 17.4 Å². The molecule has 0 aliphatic carbocycles. The Morgan fingerprint density at radius 2 is 2.03 bits per heavy atom. The van der Waals surface area contributed by atoms with E-state index in [1.165, 1.54) is 11.8 Å². The predicted octanol–water partition coefficient (Wildman–Crippen LogP) is 5.30. The Hall–Kier alpha value is -2.23. The zero-order valence-electron chi connectivity index (χ0n) is 15.1. The van der Waals surface area contributed by atoms with Crippen LogP contribution in [-0.2, 0) is 0 Å². The van der Waals surface area contributed by atoms with Crippen LogP contribution in [0.25, 0.3) is 11.3 Å². The second-order valence-electron chi connectivity index (χ2n) is 6.24. The molecule has 0 fully saturated rings. The first-order valence-corrected chi connectivity index (χ1v) is 11.0. The molecule has 1 N–H and O–H groups in total. The molecule has 0 radical (unpaired) electrons. The minimum Gasteiger partial charge on any atom is -0.454 e. The smallest absolute Gasteiger partial charge is 0.247 e. The first kappa shape index (κ1) is 18.8. The number of halogens is 2. The second-order valence-corrected chi connectivity index (χ2v) is 8.79. The van der Waals surface area contributed by atoms with E-state index in [1.807, 2.05) is 31.2 Å². The molecule has 2 aromatic carbocycles. The van der Waals surface area contributed by atoms with Crippen molar-refractivity contribution in [2.45, 2.75) is 18.3 Å². The average molecular weight is 494 g/mol. The zero-order chi connectivity index (χ0) is 20.0. The fourth-order valence-corrected chi connectivity index (χ4v) is 4.25. The van der Waals surface area contributed by atoms with Crippen LogP contribution in [0.15, 0.2) is 40.0 Å². The van der Waals surface area contributed by atoms with Crippen LogP contribution in [0.3, 0.4) is 0 Å². The molecule has 29 heavy (non-hydrogen) atoms. The van der Waals surface area contributed by atoms with Gasteiger partial charge in [0.05, 0.1) is 5.02 Å². The molecule has 10 heteroatoms. The number of rotatable bonds is 3. The van der Waals surface area contributed by atoms with Gasteiger partial charge in [0, 0.05) is 27.4 Å². The Morgan fingerprint density at radius 1 is 1.21 bits per heavy atom. The summed E-state index contributed by atoms with van der Waals surface area (Å²) in [5.74, 6) is 2.46. The number of benzene rings is 2. The lowest BCUT2D eigenvalue weighted by Crippen LogP contribution is -2.17. The minimum absolute atomic E-state index is 0.169. The summed E-state index contributed by atoms with van der Waals surface area (Å²) in [7, 11) is 0. The van der Waals surface area contributed by atoms with Crippen molar-refractivity contribution in [1.29, 1.82) is 0 Å². The fourth-order valence-electron chi connectivity index (χ4n) is 3.13. The molecule has 1 atom stereocenters. The van der Waals surface area contributed by atoms with Crippen molar-refractivity contribution in [1.82, 2.24) is 15.2 Å². The van der Waals surface area contributed by atoms with Crippen LogP contribution in [-0.4, -0.2) is 27.7 Å². The number of ether oxygens (including phenoxy) is 3. The van der Waals surface area contributed by atoms with E-state index in [9.17, 15) is 0 Å². The lowest BCUT2D eigenvalue weighted by molar-refractivity contribution is 0.173. The summed E-state index contributed by atoms with van der Waals surface area (Å²) >= 11 is 11.6. The quantitative estimate of drug-likeness (QED) is 0.493. The van der Waals surface area contributed by atoms with Gasteiger partial charge in [0.25, 0.3) is 0 Å². The largest absolute Gasteiger partial charge is 0.454 e. The Bertz CT molecular complexity index is 1120. The van der Waals surface area contributed by atoms with E-state index >= 15 is 0 Å². The van der Waals surface area contributed by atoms with E-state index in [2.05, 4.69) is 36.4 Å². The second kappa shape index (κ2) is 7.55. The van der Waals surface area contributed by atoms with Gasteiger partial charge in [-0.1, -0.05) is 46.2 Å². The molecule has 1 aromatic heterocycles. The molecule has 2 aliphatic heterocycles. The first-order valence-electron chi connectivity index (χ1n) is 8.82. The number of thioether (sulfide) groups is 1. The highest BCUT2D eigenvalue weighted by atomic mass is 79.9. The molecule has 1 unspecified atom stereocenters. The first-order chi connectivity index (χ1) is 14.1. The van der Waals surface area contributed by atoms with Crippen LogP contribution in [0.1, 0.15) is 18.7 Å². The van der Waals surface area contributed by atoms with E-state index in [0.29, 0.717) is 38.8 Å². The summed E-state index contributed by atoms with van der Waals surface area (Å²) < 4.78 is 18.1. The molecule has 0 saturated carbocycles. The van der Waals surface area contributed by atoms with Crippen molar-refractivity contribution in [3.05, 3.63) is 45.4 Å². The predicted molar refractivity (Wildman–Crippen MR) is 114 cm³/mol. The molecule has 0 bridgehead atoms. The SMILES string of the molecule is CCSc1nnc2c(n1)OC(c1cc3c(cc1Cl)OCO3)Nc1ccc(Br)cc1-2. The number of nitrogens with one attached hydrogen (secondary N) is 1. The summed E-state index contributed by atoms with van der Waals surface area (Å²) in [6.45, 7) is 2.20. The Labute approximate surface area is 184 Å². The van der Waals surface area contributed by atoms with Gasteiger partial charge >= 0.3 is 0 Å². The highest BCUT2D eigenvalue weighted by Gasteiger charge is 2.29. The van der Waals surface area contributed by atoms with E-state index in [4.69, 9.17) is 25.8 Å². The summed E-state index contributed by atoms with van der Waals surface area (Å²) in [6.07, 6.45) is -0.602. The molecule has 0 spiro atoms. The van der Waals surface area contributed by atoms with Crippen molar-refractivity contribution in [2.24, 2.45) is 0 Å². The van der Waals surface area contributed by atoms with Gasteiger partial charge in [0.1, 0.15) is 0 Å².